The standard InChI is InChI=1S/C24H45N3O4.ClH/c1-17-7-8-20-18(2)21(10-16-27-15-6-14-26-13-5-4-12-25)28-22-24(20)19(17)9-11-23(3,29-22)30-31-24;/h17-22,26-27H,4-16,25H2,1-3H3;1H/t17-,18-,19+,20+,21-,22-,23-,24-;/m1./s1. The van der Waals surface area contributed by atoms with Gasteiger partial charge in [0.2, 0.25) is 5.79 Å². The number of hydrogen-bond acceptors (Lipinski definition) is 7. The second kappa shape index (κ2) is 11.6. The molecule has 8 heteroatoms. The molecule has 32 heavy (non-hydrogen) atoms. The summed E-state index contributed by atoms with van der Waals surface area (Å²) in [5.41, 5.74) is 5.09. The highest BCUT2D eigenvalue weighted by molar-refractivity contribution is 5.85. The predicted octanol–water partition coefficient (Wildman–Crippen LogP) is 3.36. The third-order valence-electron chi connectivity index (χ3n) is 8.42. The van der Waals surface area contributed by atoms with Crippen LogP contribution in [0.5, 0.6) is 0 Å². The molecule has 0 radical (unpaired) electrons. The van der Waals surface area contributed by atoms with E-state index in [1.807, 2.05) is 6.92 Å². The van der Waals surface area contributed by atoms with Crippen molar-refractivity contribution in [3.8, 4) is 0 Å². The number of ether oxygens (including phenoxy) is 2. The van der Waals surface area contributed by atoms with E-state index in [0.29, 0.717) is 23.7 Å². The van der Waals surface area contributed by atoms with Crippen molar-refractivity contribution in [1.82, 2.24) is 10.6 Å². The van der Waals surface area contributed by atoms with Crippen LogP contribution in [0.25, 0.3) is 0 Å². The van der Waals surface area contributed by atoms with Gasteiger partial charge < -0.3 is 25.8 Å². The maximum absolute atomic E-state index is 6.65. The molecule has 1 aliphatic carbocycles. The molecular formula is C24H46ClN3O4. The number of nitrogens with two attached hydrogens (primary N) is 1. The summed E-state index contributed by atoms with van der Waals surface area (Å²) in [5, 5.41) is 7.09. The zero-order valence-electron chi connectivity index (χ0n) is 20.3. The Balaban J connectivity index is 0.00000289. The highest BCUT2D eigenvalue weighted by atomic mass is 35.5. The van der Waals surface area contributed by atoms with Crippen molar-refractivity contribution in [2.24, 2.45) is 29.4 Å². The summed E-state index contributed by atoms with van der Waals surface area (Å²) < 4.78 is 13.1. The molecule has 1 saturated carbocycles. The van der Waals surface area contributed by atoms with Crippen LogP contribution in [0.3, 0.4) is 0 Å². The fraction of sp³-hybridized carbons (Fsp3) is 1.00. The number of fused-ring (bicyclic) bond motifs is 2. The van der Waals surface area contributed by atoms with Crippen LogP contribution in [0.2, 0.25) is 0 Å². The lowest BCUT2D eigenvalue weighted by atomic mass is 9.57. The summed E-state index contributed by atoms with van der Waals surface area (Å²) in [7, 11) is 0. The molecule has 5 rings (SSSR count). The van der Waals surface area contributed by atoms with Gasteiger partial charge in [0.15, 0.2) is 11.9 Å². The first-order valence-corrected chi connectivity index (χ1v) is 12.8. The maximum Gasteiger partial charge on any atom is 0.201 e. The zero-order chi connectivity index (χ0) is 21.9. The first-order chi connectivity index (χ1) is 15.0. The van der Waals surface area contributed by atoms with Crippen LogP contribution in [-0.2, 0) is 19.2 Å². The molecule has 7 nitrogen and oxygen atoms in total. The lowest BCUT2D eigenvalue weighted by molar-refractivity contribution is -0.571. The van der Waals surface area contributed by atoms with E-state index in [0.717, 1.165) is 64.8 Å². The Morgan fingerprint density at radius 1 is 0.906 bits per heavy atom. The fourth-order valence-electron chi connectivity index (χ4n) is 6.54. The second-order valence-electron chi connectivity index (χ2n) is 10.6. The highest BCUT2D eigenvalue weighted by Gasteiger charge is 2.69. The molecule has 1 spiro atoms. The number of unbranched alkanes of at least 4 members (excludes halogenated alkanes) is 1. The largest absolute Gasteiger partial charge is 0.346 e. The van der Waals surface area contributed by atoms with E-state index in [-0.39, 0.29) is 24.8 Å². The molecule has 8 atom stereocenters. The van der Waals surface area contributed by atoms with Crippen molar-refractivity contribution >= 4 is 12.4 Å². The highest BCUT2D eigenvalue weighted by Crippen LogP contribution is 2.60. The summed E-state index contributed by atoms with van der Waals surface area (Å²) in [4.78, 5) is 12.1. The van der Waals surface area contributed by atoms with Crippen LogP contribution in [0, 0.1) is 23.7 Å². The van der Waals surface area contributed by atoms with Gasteiger partial charge in [-0.05, 0) is 102 Å². The summed E-state index contributed by atoms with van der Waals surface area (Å²) in [5.74, 6) is 1.24. The van der Waals surface area contributed by atoms with Gasteiger partial charge in [0.25, 0.3) is 0 Å². The topological polar surface area (TPSA) is 87.0 Å². The monoisotopic (exact) mass is 475 g/mol. The smallest absolute Gasteiger partial charge is 0.201 e. The van der Waals surface area contributed by atoms with Crippen molar-refractivity contribution in [3.05, 3.63) is 0 Å². The second-order valence-corrected chi connectivity index (χ2v) is 10.6. The van der Waals surface area contributed by atoms with E-state index in [1.54, 1.807) is 0 Å². The fourth-order valence-corrected chi connectivity index (χ4v) is 6.54. The van der Waals surface area contributed by atoms with Crippen LogP contribution >= 0.6 is 12.4 Å². The van der Waals surface area contributed by atoms with E-state index >= 15 is 0 Å². The molecule has 4 heterocycles. The van der Waals surface area contributed by atoms with Crippen LogP contribution in [0.1, 0.15) is 72.1 Å². The van der Waals surface area contributed by atoms with Gasteiger partial charge in [-0.1, -0.05) is 13.8 Å². The average Bonchev–Trinajstić information content (AvgIpc) is 2.99. The van der Waals surface area contributed by atoms with Crippen molar-refractivity contribution in [3.63, 3.8) is 0 Å². The molecule has 188 valence electrons. The summed E-state index contributed by atoms with van der Waals surface area (Å²) in [6, 6.07) is 0. The molecule has 4 saturated heterocycles. The summed E-state index contributed by atoms with van der Waals surface area (Å²) in [6.45, 7) is 11.6. The molecule has 4 N–H and O–H groups in total. The average molecular weight is 476 g/mol. The lowest BCUT2D eigenvalue weighted by Crippen LogP contribution is -2.70. The lowest BCUT2D eigenvalue weighted by Gasteiger charge is -2.60. The van der Waals surface area contributed by atoms with Gasteiger partial charge in [-0.3, -0.25) is 0 Å². The van der Waals surface area contributed by atoms with Gasteiger partial charge in [-0.25, -0.2) is 9.78 Å². The molecular weight excluding hydrogens is 430 g/mol. The van der Waals surface area contributed by atoms with Crippen LogP contribution < -0.4 is 16.4 Å². The Kier molecular flexibility index (Phi) is 9.67. The first-order valence-electron chi connectivity index (χ1n) is 12.8. The summed E-state index contributed by atoms with van der Waals surface area (Å²) in [6.07, 6.45) is 8.70. The Morgan fingerprint density at radius 2 is 1.66 bits per heavy atom. The quantitative estimate of drug-likeness (QED) is 0.312. The Bertz CT molecular complexity index is 587. The molecule has 0 aromatic carbocycles. The Hall–Kier alpha value is 0.01000. The SMILES string of the molecule is C[C@H]1[C@@H](CCNCCCNCCCCN)O[C@@H]2O[C@@]3(C)CC[C@H]4[C@H](C)CC[C@@H]1[C@@]24OO3.Cl. The van der Waals surface area contributed by atoms with Crippen LogP contribution in [0.15, 0.2) is 0 Å². The normalized spacial score (nSPS) is 42.8. The molecule has 0 unspecified atom stereocenters. The van der Waals surface area contributed by atoms with Gasteiger partial charge >= 0.3 is 0 Å². The third kappa shape index (κ3) is 5.30. The van der Waals surface area contributed by atoms with Gasteiger partial charge in [-0.15, -0.1) is 12.4 Å². The Labute approximate surface area is 200 Å². The molecule has 4 aliphatic heterocycles. The van der Waals surface area contributed by atoms with Gasteiger partial charge in [0.1, 0.15) is 0 Å². The Morgan fingerprint density at radius 3 is 2.44 bits per heavy atom. The van der Waals surface area contributed by atoms with Crippen LogP contribution in [-0.4, -0.2) is 56.5 Å². The van der Waals surface area contributed by atoms with Crippen molar-refractivity contribution in [1.29, 1.82) is 0 Å². The van der Waals surface area contributed by atoms with Crippen LogP contribution in [0.4, 0.5) is 0 Å². The number of hydrogen-bond donors (Lipinski definition) is 3. The van der Waals surface area contributed by atoms with E-state index in [1.165, 1.54) is 19.3 Å². The minimum absolute atomic E-state index is 0. The molecule has 2 bridgehead atoms. The van der Waals surface area contributed by atoms with Gasteiger partial charge in [-0.2, -0.15) is 0 Å². The number of nitrogens with one attached hydrogen (secondary N) is 2. The van der Waals surface area contributed by atoms with E-state index < -0.39 is 11.4 Å². The minimum atomic E-state index is -0.682. The molecule has 0 aromatic rings. The predicted molar refractivity (Wildman–Crippen MR) is 127 cm³/mol. The van der Waals surface area contributed by atoms with Crippen molar-refractivity contribution < 1.29 is 19.2 Å². The van der Waals surface area contributed by atoms with Crippen molar-refractivity contribution in [2.45, 2.75) is 95.9 Å². The number of rotatable bonds is 11. The first kappa shape index (κ1) is 26.6. The zero-order valence-corrected chi connectivity index (χ0v) is 21.1. The van der Waals surface area contributed by atoms with E-state index in [2.05, 4.69) is 24.5 Å². The molecule has 5 fully saturated rings. The molecule has 0 amide bonds. The van der Waals surface area contributed by atoms with E-state index in [4.69, 9.17) is 25.0 Å². The summed E-state index contributed by atoms with van der Waals surface area (Å²) >= 11 is 0. The maximum atomic E-state index is 6.65. The van der Waals surface area contributed by atoms with Gasteiger partial charge in [0, 0.05) is 12.3 Å². The molecule has 5 aliphatic rings. The molecule has 0 aromatic heterocycles. The van der Waals surface area contributed by atoms with Gasteiger partial charge in [0.05, 0.1) is 6.10 Å². The minimum Gasteiger partial charge on any atom is -0.346 e. The van der Waals surface area contributed by atoms with E-state index in [9.17, 15) is 0 Å². The van der Waals surface area contributed by atoms with Crippen molar-refractivity contribution in [2.75, 3.05) is 32.7 Å². The third-order valence-corrected chi connectivity index (χ3v) is 8.42. The number of halogens is 1.